The molecule has 0 aliphatic carbocycles. The molecule has 0 amide bonds. The van der Waals surface area contributed by atoms with Crippen LogP contribution < -0.4 is 11.2 Å². The van der Waals surface area contributed by atoms with Gasteiger partial charge in [-0.3, -0.25) is 18.6 Å². The lowest BCUT2D eigenvalue weighted by molar-refractivity contribution is 0.112. The number of aryl methyl sites for hydroxylation is 1. The molecule has 0 unspecified atom stereocenters. The Morgan fingerprint density at radius 2 is 1.90 bits per heavy atom. The minimum Gasteiger partial charge on any atom is -0.297 e. The molecule has 2 aromatic heterocycles. The summed E-state index contributed by atoms with van der Waals surface area (Å²) >= 11 is 1.15. The van der Waals surface area contributed by atoms with Gasteiger partial charge in [0.25, 0.3) is 5.56 Å². The third-order valence-corrected chi connectivity index (χ3v) is 4.45. The van der Waals surface area contributed by atoms with Crippen molar-refractivity contribution in [2.45, 2.75) is 13.5 Å². The van der Waals surface area contributed by atoms with Gasteiger partial charge in [-0.15, -0.1) is 11.3 Å². The molecular formula is C15H12N2O3S. The highest BCUT2D eigenvalue weighted by atomic mass is 32.1. The fraction of sp³-hybridized carbons (Fsp3) is 0.133. The Labute approximate surface area is 123 Å². The highest BCUT2D eigenvalue weighted by Gasteiger charge is 2.14. The van der Waals surface area contributed by atoms with Gasteiger partial charge in [-0.2, -0.15) is 0 Å². The normalized spacial score (nSPS) is 10.9. The standard InChI is InChI=1S/C15H12N2O3S/c1-10-13(19)16(7-11-5-3-2-4-6-11)15(20)17-8-12(9-18)21-14(10)17/h2-6,8-9H,7H2,1H3. The molecule has 0 aliphatic rings. The van der Waals surface area contributed by atoms with Crippen molar-refractivity contribution in [1.29, 1.82) is 0 Å². The van der Waals surface area contributed by atoms with E-state index in [1.54, 1.807) is 6.92 Å². The van der Waals surface area contributed by atoms with Crippen LogP contribution in [0.2, 0.25) is 0 Å². The van der Waals surface area contributed by atoms with Crippen LogP contribution in [0.5, 0.6) is 0 Å². The summed E-state index contributed by atoms with van der Waals surface area (Å²) in [5, 5.41) is 0. The van der Waals surface area contributed by atoms with E-state index in [-0.39, 0.29) is 12.1 Å². The molecule has 0 saturated carbocycles. The number of hydrogen-bond acceptors (Lipinski definition) is 4. The predicted molar refractivity (Wildman–Crippen MR) is 81.5 cm³/mol. The lowest BCUT2D eigenvalue weighted by Crippen LogP contribution is -2.38. The maximum Gasteiger partial charge on any atom is 0.336 e. The van der Waals surface area contributed by atoms with Gasteiger partial charge in [0.05, 0.1) is 11.4 Å². The molecule has 0 bridgehead atoms. The van der Waals surface area contributed by atoms with E-state index < -0.39 is 5.69 Å². The number of benzene rings is 1. The number of hydrogen-bond donors (Lipinski definition) is 0. The van der Waals surface area contributed by atoms with E-state index in [2.05, 4.69) is 0 Å². The van der Waals surface area contributed by atoms with Crippen LogP contribution in [0.3, 0.4) is 0 Å². The fourth-order valence-corrected chi connectivity index (χ4v) is 3.14. The molecule has 1 aromatic carbocycles. The Hall–Kier alpha value is -2.47. The zero-order valence-corrected chi connectivity index (χ0v) is 12.1. The summed E-state index contributed by atoms with van der Waals surface area (Å²) in [7, 11) is 0. The van der Waals surface area contributed by atoms with Crippen LogP contribution in [0, 0.1) is 6.92 Å². The van der Waals surface area contributed by atoms with Gasteiger partial charge in [-0.05, 0) is 12.5 Å². The Kier molecular flexibility index (Phi) is 3.31. The zero-order valence-electron chi connectivity index (χ0n) is 11.3. The first kappa shape index (κ1) is 13.5. The highest BCUT2D eigenvalue weighted by molar-refractivity contribution is 7.19. The first-order valence-corrected chi connectivity index (χ1v) is 7.18. The number of carbonyl (C=O) groups is 1. The fourth-order valence-electron chi connectivity index (χ4n) is 2.24. The van der Waals surface area contributed by atoms with Crippen LogP contribution in [0.1, 0.15) is 20.8 Å². The second-order valence-electron chi connectivity index (χ2n) is 4.71. The number of nitrogens with zero attached hydrogens (tertiary/aromatic N) is 2. The molecular weight excluding hydrogens is 288 g/mol. The topological polar surface area (TPSA) is 60.6 Å². The maximum absolute atomic E-state index is 12.5. The van der Waals surface area contributed by atoms with E-state index in [4.69, 9.17) is 0 Å². The molecule has 2 heterocycles. The van der Waals surface area contributed by atoms with Crippen LogP contribution in [0.15, 0.2) is 46.1 Å². The zero-order chi connectivity index (χ0) is 15.0. The van der Waals surface area contributed by atoms with Gasteiger partial charge in [0, 0.05) is 11.8 Å². The summed E-state index contributed by atoms with van der Waals surface area (Å²) in [6, 6.07) is 9.32. The van der Waals surface area contributed by atoms with Gasteiger partial charge in [-0.25, -0.2) is 4.79 Å². The minimum atomic E-state index is -0.422. The minimum absolute atomic E-state index is 0.217. The molecule has 6 heteroatoms. The number of rotatable bonds is 3. The van der Waals surface area contributed by atoms with Gasteiger partial charge in [-0.1, -0.05) is 30.3 Å². The summed E-state index contributed by atoms with van der Waals surface area (Å²) in [4.78, 5) is 36.6. The predicted octanol–water partition coefficient (Wildman–Crippen LogP) is 1.69. The molecule has 5 nitrogen and oxygen atoms in total. The largest absolute Gasteiger partial charge is 0.336 e. The first-order valence-electron chi connectivity index (χ1n) is 6.36. The molecule has 0 radical (unpaired) electrons. The summed E-state index contributed by atoms with van der Waals surface area (Å²) in [5.74, 6) is 0. The quantitative estimate of drug-likeness (QED) is 0.692. The molecule has 106 valence electrons. The molecule has 0 saturated heterocycles. The van der Waals surface area contributed by atoms with Crippen molar-refractivity contribution in [3.05, 3.63) is 73.4 Å². The first-order chi connectivity index (χ1) is 10.1. The van der Waals surface area contributed by atoms with E-state index in [1.165, 1.54) is 15.2 Å². The number of fused-ring (bicyclic) bond motifs is 1. The molecule has 0 fully saturated rings. The van der Waals surface area contributed by atoms with Crippen LogP contribution in [0.25, 0.3) is 4.83 Å². The lowest BCUT2D eigenvalue weighted by atomic mass is 10.2. The molecule has 0 N–H and O–H groups in total. The molecule has 3 aromatic rings. The number of aromatic nitrogens is 2. The molecule has 0 atom stereocenters. The molecule has 0 spiro atoms. The summed E-state index contributed by atoms with van der Waals surface area (Å²) in [6.07, 6.45) is 2.16. The summed E-state index contributed by atoms with van der Waals surface area (Å²) < 4.78 is 2.56. The second-order valence-corrected chi connectivity index (χ2v) is 5.77. The molecule has 0 aliphatic heterocycles. The van der Waals surface area contributed by atoms with E-state index in [1.807, 2.05) is 30.3 Å². The van der Waals surface area contributed by atoms with Gasteiger partial charge < -0.3 is 0 Å². The summed E-state index contributed by atoms with van der Waals surface area (Å²) in [6.45, 7) is 1.89. The van der Waals surface area contributed by atoms with Crippen LogP contribution in [-0.2, 0) is 6.54 Å². The van der Waals surface area contributed by atoms with Crippen molar-refractivity contribution < 1.29 is 4.79 Å². The monoisotopic (exact) mass is 300 g/mol. The average molecular weight is 300 g/mol. The lowest BCUT2D eigenvalue weighted by Gasteiger charge is -2.07. The van der Waals surface area contributed by atoms with Crippen molar-refractivity contribution in [3.63, 3.8) is 0 Å². The van der Waals surface area contributed by atoms with Crippen molar-refractivity contribution in [2.75, 3.05) is 0 Å². The highest BCUT2D eigenvalue weighted by Crippen LogP contribution is 2.16. The Balaban J connectivity index is 2.26. The van der Waals surface area contributed by atoms with Crippen LogP contribution in [0.4, 0.5) is 0 Å². The van der Waals surface area contributed by atoms with E-state index in [0.29, 0.717) is 21.6 Å². The Bertz CT molecular complexity index is 935. The molecule has 21 heavy (non-hydrogen) atoms. The van der Waals surface area contributed by atoms with Crippen molar-refractivity contribution >= 4 is 22.5 Å². The Morgan fingerprint density at radius 3 is 2.57 bits per heavy atom. The number of aldehydes is 1. The van der Waals surface area contributed by atoms with Crippen molar-refractivity contribution in [3.8, 4) is 0 Å². The van der Waals surface area contributed by atoms with Gasteiger partial charge >= 0.3 is 5.69 Å². The van der Waals surface area contributed by atoms with Crippen molar-refractivity contribution in [1.82, 2.24) is 8.97 Å². The number of thiazole rings is 1. The summed E-state index contributed by atoms with van der Waals surface area (Å²) in [5.41, 5.74) is 0.613. The van der Waals surface area contributed by atoms with Gasteiger partial charge in [0.1, 0.15) is 4.83 Å². The molecule has 3 rings (SSSR count). The second kappa shape index (κ2) is 5.14. The van der Waals surface area contributed by atoms with Crippen molar-refractivity contribution in [2.24, 2.45) is 0 Å². The van der Waals surface area contributed by atoms with E-state index in [0.717, 1.165) is 16.9 Å². The van der Waals surface area contributed by atoms with Crippen LogP contribution in [-0.4, -0.2) is 15.3 Å². The SMILES string of the molecule is Cc1c(=O)n(Cc2ccccc2)c(=O)n2cc(C=O)sc12. The van der Waals surface area contributed by atoms with Gasteiger partial charge in [0.15, 0.2) is 6.29 Å². The number of carbonyl (C=O) groups excluding carboxylic acids is 1. The maximum atomic E-state index is 12.5. The van der Waals surface area contributed by atoms with E-state index >= 15 is 0 Å². The van der Waals surface area contributed by atoms with E-state index in [9.17, 15) is 14.4 Å². The smallest absolute Gasteiger partial charge is 0.297 e. The Morgan fingerprint density at radius 1 is 1.19 bits per heavy atom. The average Bonchev–Trinajstić information content (AvgIpc) is 2.95. The third kappa shape index (κ3) is 2.23. The van der Waals surface area contributed by atoms with Crippen LogP contribution >= 0.6 is 11.3 Å². The van der Waals surface area contributed by atoms with Gasteiger partial charge in [0.2, 0.25) is 0 Å². The third-order valence-electron chi connectivity index (χ3n) is 3.31.